The molecule has 0 saturated carbocycles. The summed E-state index contributed by atoms with van der Waals surface area (Å²) in [5.41, 5.74) is 0.623. The first-order valence-corrected chi connectivity index (χ1v) is 11.3. The van der Waals surface area contributed by atoms with E-state index in [1.807, 2.05) is 0 Å². The summed E-state index contributed by atoms with van der Waals surface area (Å²) in [6.07, 6.45) is -6.60. The second kappa shape index (κ2) is 10.6. The molecule has 0 bridgehead atoms. The van der Waals surface area contributed by atoms with Crippen LogP contribution in [0.3, 0.4) is 0 Å². The third kappa shape index (κ3) is 6.23. The Labute approximate surface area is 213 Å². The van der Waals surface area contributed by atoms with Crippen LogP contribution in [0.4, 0.5) is 23.2 Å². The topological polar surface area (TPSA) is 92.7 Å². The molecule has 2 atom stereocenters. The van der Waals surface area contributed by atoms with E-state index < -0.39 is 48.4 Å². The minimum Gasteiger partial charge on any atom is -0.452 e. The van der Waals surface area contributed by atoms with Crippen LogP contribution >= 0.6 is 11.6 Å². The largest absolute Gasteiger partial charge is 0.452 e. The average Bonchev–Trinajstić information content (AvgIpc) is 2.85. The zero-order valence-corrected chi connectivity index (χ0v) is 19.9. The van der Waals surface area contributed by atoms with E-state index in [0.29, 0.717) is 10.6 Å². The van der Waals surface area contributed by atoms with E-state index in [-0.39, 0.29) is 22.5 Å². The summed E-state index contributed by atoms with van der Waals surface area (Å²) in [5, 5.41) is 5.10. The van der Waals surface area contributed by atoms with Gasteiger partial charge in [0.15, 0.2) is 6.10 Å². The monoisotopic (exact) mass is 534 g/mol. The van der Waals surface area contributed by atoms with Gasteiger partial charge in [0.1, 0.15) is 11.5 Å². The Morgan fingerprint density at radius 1 is 1.05 bits per heavy atom. The normalized spacial score (nSPS) is 17.4. The van der Waals surface area contributed by atoms with Crippen molar-refractivity contribution in [1.82, 2.24) is 10.3 Å². The SMILES string of the molecule is Cc1cc(Cl)cnc1C(=O)Nc1ccc(F)c(C2C[C@@H](C(F)(F)F)OC(NC(=O)c3ccccc3)=N2)c1. The molecule has 0 saturated heterocycles. The number of aryl methyl sites for hydroxylation is 1. The fourth-order valence-electron chi connectivity index (χ4n) is 3.67. The van der Waals surface area contributed by atoms with Crippen molar-refractivity contribution < 1.29 is 31.9 Å². The molecule has 4 rings (SSSR count). The molecule has 37 heavy (non-hydrogen) atoms. The smallest absolute Gasteiger partial charge is 0.425 e. The molecule has 2 heterocycles. The standard InChI is InChI=1S/C25H19ClF4N4O3/c1-13-9-15(26)12-31-21(13)23(36)32-16-7-8-18(27)17(10-16)19-11-20(25(28,29)30)37-24(33-19)34-22(35)14-5-3-2-4-6-14/h2-10,12,19-20H,11H2,1H3,(H,32,36)(H,33,34,35)/t19?,20-/m0/s1. The maximum Gasteiger partial charge on any atom is 0.425 e. The van der Waals surface area contributed by atoms with Gasteiger partial charge in [0.05, 0.1) is 11.1 Å². The Morgan fingerprint density at radius 2 is 1.78 bits per heavy atom. The Kier molecular flexibility index (Phi) is 7.44. The van der Waals surface area contributed by atoms with Crippen molar-refractivity contribution in [3.63, 3.8) is 0 Å². The lowest BCUT2D eigenvalue weighted by molar-refractivity contribution is -0.205. The number of halogens is 5. The molecule has 7 nitrogen and oxygen atoms in total. The first kappa shape index (κ1) is 26.1. The number of benzene rings is 2. The lowest BCUT2D eigenvalue weighted by Crippen LogP contribution is -2.44. The number of anilines is 1. The predicted octanol–water partition coefficient (Wildman–Crippen LogP) is 5.61. The highest BCUT2D eigenvalue weighted by Crippen LogP contribution is 2.37. The van der Waals surface area contributed by atoms with Crippen LogP contribution in [-0.2, 0) is 4.74 Å². The molecule has 0 spiro atoms. The first-order valence-electron chi connectivity index (χ1n) is 10.9. The van der Waals surface area contributed by atoms with Crippen LogP contribution in [0.1, 0.15) is 44.4 Å². The van der Waals surface area contributed by atoms with Gasteiger partial charge in [-0.1, -0.05) is 29.8 Å². The van der Waals surface area contributed by atoms with Crippen molar-refractivity contribution in [3.8, 4) is 0 Å². The maximum absolute atomic E-state index is 14.8. The zero-order valence-electron chi connectivity index (χ0n) is 19.1. The number of carbonyl (C=O) groups excluding carboxylic acids is 2. The molecule has 12 heteroatoms. The van der Waals surface area contributed by atoms with E-state index in [1.165, 1.54) is 30.5 Å². The van der Waals surface area contributed by atoms with Gasteiger partial charge in [-0.15, -0.1) is 0 Å². The number of pyridine rings is 1. The molecular formula is C25H19ClF4N4O3. The number of hydrogen-bond donors (Lipinski definition) is 2. The number of ether oxygens (including phenoxy) is 1. The number of hydrogen-bond acceptors (Lipinski definition) is 5. The quantitative estimate of drug-likeness (QED) is 0.425. The van der Waals surface area contributed by atoms with Crippen molar-refractivity contribution in [3.05, 3.63) is 94.0 Å². The Morgan fingerprint density at radius 3 is 2.46 bits per heavy atom. The van der Waals surface area contributed by atoms with E-state index in [0.717, 1.165) is 6.07 Å². The van der Waals surface area contributed by atoms with Gasteiger partial charge in [-0.05, 0) is 48.9 Å². The van der Waals surface area contributed by atoms with Crippen LogP contribution in [0.2, 0.25) is 5.02 Å². The van der Waals surface area contributed by atoms with Gasteiger partial charge >= 0.3 is 6.18 Å². The van der Waals surface area contributed by atoms with E-state index in [4.69, 9.17) is 16.3 Å². The van der Waals surface area contributed by atoms with Crippen LogP contribution in [-0.4, -0.2) is 35.1 Å². The van der Waals surface area contributed by atoms with Gasteiger partial charge < -0.3 is 10.1 Å². The fraction of sp³-hybridized carbons (Fsp3) is 0.200. The molecule has 3 aromatic rings. The van der Waals surface area contributed by atoms with E-state index in [1.54, 1.807) is 31.2 Å². The Hall–Kier alpha value is -3.99. The van der Waals surface area contributed by atoms with Crippen LogP contribution in [0, 0.1) is 12.7 Å². The van der Waals surface area contributed by atoms with Gasteiger partial charge in [0.2, 0.25) is 0 Å². The van der Waals surface area contributed by atoms with Crippen LogP contribution in [0.5, 0.6) is 0 Å². The number of alkyl halides is 3. The van der Waals surface area contributed by atoms with Crippen molar-refractivity contribution in [2.24, 2.45) is 4.99 Å². The highest BCUT2D eigenvalue weighted by atomic mass is 35.5. The second-order valence-electron chi connectivity index (χ2n) is 8.16. The number of nitrogens with zero attached hydrogens (tertiary/aromatic N) is 2. The predicted molar refractivity (Wildman–Crippen MR) is 128 cm³/mol. The average molecular weight is 535 g/mol. The van der Waals surface area contributed by atoms with Crippen molar-refractivity contribution in [2.75, 3.05) is 5.32 Å². The molecule has 0 radical (unpaired) electrons. The van der Waals surface area contributed by atoms with Gasteiger partial charge in [0, 0.05) is 29.4 Å². The van der Waals surface area contributed by atoms with Gasteiger partial charge in [0.25, 0.3) is 17.8 Å². The third-order valence-corrected chi connectivity index (χ3v) is 5.67. The summed E-state index contributed by atoms with van der Waals surface area (Å²) >= 11 is 5.86. The summed E-state index contributed by atoms with van der Waals surface area (Å²) in [6.45, 7) is 1.63. The van der Waals surface area contributed by atoms with Gasteiger partial charge in [-0.2, -0.15) is 13.2 Å². The molecule has 2 aromatic carbocycles. The number of carbonyl (C=O) groups is 2. The first-order chi connectivity index (χ1) is 17.5. The molecule has 1 unspecified atom stereocenters. The second-order valence-corrected chi connectivity index (χ2v) is 8.60. The lowest BCUT2D eigenvalue weighted by atomic mass is 9.98. The molecule has 2 N–H and O–H groups in total. The van der Waals surface area contributed by atoms with Crippen LogP contribution in [0.15, 0.2) is 65.8 Å². The van der Waals surface area contributed by atoms with E-state index >= 15 is 0 Å². The molecule has 2 amide bonds. The van der Waals surface area contributed by atoms with Crippen molar-refractivity contribution in [1.29, 1.82) is 0 Å². The van der Waals surface area contributed by atoms with Gasteiger partial charge in [-0.25, -0.2) is 14.4 Å². The van der Waals surface area contributed by atoms with E-state index in [2.05, 4.69) is 20.6 Å². The number of aliphatic imine (C=N–C) groups is 1. The minimum atomic E-state index is -4.81. The molecule has 0 fully saturated rings. The number of nitrogens with one attached hydrogen (secondary N) is 2. The number of aromatic nitrogens is 1. The summed E-state index contributed by atoms with van der Waals surface area (Å²) < 4.78 is 60.5. The molecular weight excluding hydrogens is 516 g/mol. The highest BCUT2D eigenvalue weighted by Gasteiger charge is 2.46. The summed E-state index contributed by atoms with van der Waals surface area (Å²) in [5.74, 6) is -2.21. The number of rotatable bonds is 4. The highest BCUT2D eigenvalue weighted by molar-refractivity contribution is 6.30. The third-order valence-electron chi connectivity index (χ3n) is 5.46. The van der Waals surface area contributed by atoms with Crippen LogP contribution in [0.25, 0.3) is 0 Å². The molecule has 1 aromatic heterocycles. The molecule has 0 aliphatic carbocycles. The van der Waals surface area contributed by atoms with E-state index in [9.17, 15) is 27.2 Å². The number of amides is 2. The zero-order chi connectivity index (χ0) is 26.7. The maximum atomic E-state index is 14.8. The Balaban J connectivity index is 1.62. The van der Waals surface area contributed by atoms with Crippen molar-refractivity contribution >= 4 is 35.1 Å². The molecule has 192 valence electrons. The summed E-state index contributed by atoms with van der Waals surface area (Å²) in [7, 11) is 0. The van der Waals surface area contributed by atoms with Crippen molar-refractivity contribution in [2.45, 2.75) is 31.7 Å². The minimum absolute atomic E-state index is 0.0717. The van der Waals surface area contributed by atoms with Gasteiger partial charge in [-0.3, -0.25) is 14.9 Å². The number of amidine groups is 1. The lowest BCUT2D eigenvalue weighted by Gasteiger charge is -2.30. The summed E-state index contributed by atoms with van der Waals surface area (Å²) in [6, 6.07) is 10.7. The molecule has 1 aliphatic rings. The van der Waals surface area contributed by atoms with Crippen LogP contribution < -0.4 is 10.6 Å². The molecule has 1 aliphatic heterocycles. The fourth-order valence-corrected chi connectivity index (χ4v) is 3.89. The summed E-state index contributed by atoms with van der Waals surface area (Å²) in [4.78, 5) is 33.1. The Bertz CT molecular complexity index is 1370.